The number of hydrogen-bond donors (Lipinski definition) is 1. The summed E-state index contributed by atoms with van der Waals surface area (Å²) in [4.78, 5) is 3.92. The van der Waals surface area contributed by atoms with Crippen molar-refractivity contribution in [1.29, 1.82) is 0 Å². The molecule has 1 heterocycles. The summed E-state index contributed by atoms with van der Waals surface area (Å²) in [5.74, 6) is 0. The van der Waals surface area contributed by atoms with Crippen LogP contribution in [0.5, 0.6) is 0 Å². The van der Waals surface area contributed by atoms with Gasteiger partial charge in [-0.3, -0.25) is 0 Å². The minimum Gasteiger partial charge on any atom is -0.398 e. The largest absolute Gasteiger partial charge is 0.398 e. The number of benzene rings is 1. The fraction of sp³-hybridized carbons (Fsp3) is 0. The molecule has 0 spiro atoms. The van der Waals surface area contributed by atoms with E-state index in [0.717, 1.165) is 16.8 Å². The van der Waals surface area contributed by atoms with Gasteiger partial charge in [-0.1, -0.05) is 29.8 Å². The predicted octanol–water partition coefficient (Wildman–Crippen LogP) is 2.98. The van der Waals surface area contributed by atoms with Gasteiger partial charge in [-0.15, -0.1) is 0 Å². The summed E-state index contributed by atoms with van der Waals surface area (Å²) in [6, 6.07) is 11.4. The van der Waals surface area contributed by atoms with Crippen molar-refractivity contribution in [3.63, 3.8) is 0 Å². The summed E-state index contributed by atoms with van der Waals surface area (Å²) < 4.78 is 0. The number of para-hydroxylation sites is 1. The topological polar surface area (TPSA) is 38.9 Å². The molecule has 2 rings (SSSR count). The lowest BCUT2D eigenvalue weighted by Gasteiger charge is -2.04. The SMILES string of the molecule is Nc1ccccc1-c1ccnc(Cl)c1. The zero-order chi connectivity index (χ0) is 9.97. The molecule has 2 aromatic rings. The smallest absolute Gasteiger partial charge is 0.129 e. The van der Waals surface area contributed by atoms with Crippen molar-refractivity contribution in [3.05, 3.63) is 47.7 Å². The van der Waals surface area contributed by atoms with E-state index in [1.54, 1.807) is 12.3 Å². The maximum Gasteiger partial charge on any atom is 0.129 e. The molecular weight excluding hydrogens is 196 g/mol. The molecular formula is C11H9ClN2. The van der Waals surface area contributed by atoms with Gasteiger partial charge in [0.1, 0.15) is 5.15 Å². The Morgan fingerprint density at radius 1 is 1.14 bits per heavy atom. The first-order valence-electron chi connectivity index (χ1n) is 4.24. The number of nitrogen functional groups attached to an aromatic ring is 1. The van der Waals surface area contributed by atoms with Crippen LogP contribution in [-0.2, 0) is 0 Å². The molecule has 0 atom stereocenters. The highest BCUT2D eigenvalue weighted by molar-refractivity contribution is 6.29. The van der Waals surface area contributed by atoms with Gasteiger partial charge < -0.3 is 5.73 Å². The normalized spacial score (nSPS) is 10.1. The second-order valence-electron chi connectivity index (χ2n) is 2.95. The van der Waals surface area contributed by atoms with Crippen LogP contribution >= 0.6 is 11.6 Å². The lowest BCUT2D eigenvalue weighted by Crippen LogP contribution is -1.89. The van der Waals surface area contributed by atoms with Crippen LogP contribution in [0, 0.1) is 0 Å². The third kappa shape index (κ3) is 1.70. The maximum atomic E-state index is 5.84. The number of nitrogens with two attached hydrogens (primary N) is 1. The molecule has 0 fully saturated rings. The zero-order valence-electron chi connectivity index (χ0n) is 7.44. The van der Waals surface area contributed by atoms with Crippen LogP contribution in [0.4, 0.5) is 5.69 Å². The summed E-state index contributed by atoms with van der Waals surface area (Å²) in [5, 5.41) is 0.478. The van der Waals surface area contributed by atoms with Crippen molar-refractivity contribution in [1.82, 2.24) is 4.98 Å². The first kappa shape index (κ1) is 9.03. The number of pyridine rings is 1. The van der Waals surface area contributed by atoms with Crippen molar-refractivity contribution >= 4 is 17.3 Å². The van der Waals surface area contributed by atoms with Crippen molar-refractivity contribution in [2.45, 2.75) is 0 Å². The van der Waals surface area contributed by atoms with Crippen molar-refractivity contribution in [2.75, 3.05) is 5.73 Å². The van der Waals surface area contributed by atoms with E-state index in [1.165, 1.54) is 0 Å². The number of halogens is 1. The Morgan fingerprint density at radius 2 is 1.93 bits per heavy atom. The van der Waals surface area contributed by atoms with Crippen LogP contribution in [0.25, 0.3) is 11.1 Å². The number of nitrogens with zero attached hydrogens (tertiary/aromatic N) is 1. The van der Waals surface area contributed by atoms with Crippen molar-refractivity contribution in [2.24, 2.45) is 0 Å². The zero-order valence-corrected chi connectivity index (χ0v) is 8.20. The maximum absolute atomic E-state index is 5.84. The Bertz CT molecular complexity index is 455. The molecule has 0 radical (unpaired) electrons. The standard InChI is InChI=1S/C11H9ClN2/c12-11-7-8(5-6-14-11)9-3-1-2-4-10(9)13/h1-7H,13H2. The molecule has 0 aliphatic carbocycles. The third-order valence-electron chi connectivity index (χ3n) is 2.00. The van der Waals surface area contributed by atoms with Crippen molar-refractivity contribution in [3.8, 4) is 11.1 Å². The second kappa shape index (κ2) is 3.68. The lowest BCUT2D eigenvalue weighted by molar-refractivity contribution is 1.33. The van der Waals surface area contributed by atoms with Gasteiger partial charge >= 0.3 is 0 Å². The lowest BCUT2D eigenvalue weighted by atomic mass is 10.1. The molecule has 3 heteroatoms. The average molecular weight is 205 g/mol. The summed E-state index contributed by atoms with van der Waals surface area (Å²) >= 11 is 5.80. The molecule has 0 saturated carbocycles. The Kier molecular flexibility index (Phi) is 2.37. The molecule has 14 heavy (non-hydrogen) atoms. The summed E-state index contributed by atoms with van der Waals surface area (Å²) in [5.41, 5.74) is 8.56. The van der Waals surface area contributed by atoms with Crippen LogP contribution in [0.1, 0.15) is 0 Å². The number of anilines is 1. The summed E-state index contributed by atoms with van der Waals surface area (Å²) in [6.45, 7) is 0. The van der Waals surface area contributed by atoms with E-state index in [-0.39, 0.29) is 0 Å². The van der Waals surface area contributed by atoms with E-state index in [2.05, 4.69) is 4.98 Å². The second-order valence-corrected chi connectivity index (χ2v) is 3.34. The minimum atomic E-state index is 0.478. The van der Waals surface area contributed by atoms with Gasteiger partial charge in [0.05, 0.1) is 0 Å². The molecule has 0 aliphatic heterocycles. The van der Waals surface area contributed by atoms with Crippen molar-refractivity contribution < 1.29 is 0 Å². The molecule has 0 amide bonds. The predicted molar refractivity (Wildman–Crippen MR) is 59.1 cm³/mol. The summed E-state index contributed by atoms with van der Waals surface area (Å²) in [7, 11) is 0. The Labute approximate surface area is 87.4 Å². The highest BCUT2D eigenvalue weighted by Gasteiger charge is 2.01. The van der Waals surface area contributed by atoms with Crippen LogP contribution in [0.15, 0.2) is 42.6 Å². The molecule has 0 saturated heterocycles. The molecule has 70 valence electrons. The van der Waals surface area contributed by atoms with E-state index in [1.807, 2.05) is 30.3 Å². The van der Waals surface area contributed by atoms with Gasteiger partial charge in [0.25, 0.3) is 0 Å². The van der Waals surface area contributed by atoms with Gasteiger partial charge in [-0.2, -0.15) is 0 Å². The molecule has 2 nitrogen and oxygen atoms in total. The number of hydrogen-bond acceptors (Lipinski definition) is 2. The third-order valence-corrected chi connectivity index (χ3v) is 2.21. The van der Waals surface area contributed by atoms with Gasteiger partial charge in [0.2, 0.25) is 0 Å². The van der Waals surface area contributed by atoms with E-state index in [4.69, 9.17) is 17.3 Å². The van der Waals surface area contributed by atoms with E-state index >= 15 is 0 Å². The Balaban J connectivity index is 2.55. The molecule has 0 unspecified atom stereocenters. The fourth-order valence-corrected chi connectivity index (χ4v) is 1.50. The monoisotopic (exact) mass is 204 g/mol. The first-order valence-corrected chi connectivity index (χ1v) is 4.61. The van der Waals surface area contributed by atoms with Crippen LogP contribution < -0.4 is 5.73 Å². The van der Waals surface area contributed by atoms with Crippen LogP contribution in [-0.4, -0.2) is 4.98 Å². The fourth-order valence-electron chi connectivity index (χ4n) is 1.33. The van der Waals surface area contributed by atoms with Crippen LogP contribution in [0.2, 0.25) is 5.15 Å². The molecule has 1 aromatic heterocycles. The number of aromatic nitrogens is 1. The minimum absolute atomic E-state index is 0.478. The van der Waals surface area contributed by atoms with E-state index in [0.29, 0.717) is 5.15 Å². The first-order chi connectivity index (χ1) is 6.77. The average Bonchev–Trinajstić information content (AvgIpc) is 2.18. The van der Waals surface area contributed by atoms with Gasteiger partial charge in [-0.25, -0.2) is 4.98 Å². The molecule has 1 aromatic carbocycles. The highest BCUT2D eigenvalue weighted by atomic mass is 35.5. The van der Waals surface area contributed by atoms with Gasteiger partial charge in [0.15, 0.2) is 0 Å². The summed E-state index contributed by atoms with van der Waals surface area (Å²) in [6.07, 6.45) is 1.67. The Morgan fingerprint density at radius 3 is 2.64 bits per heavy atom. The van der Waals surface area contributed by atoms with E-state index < -0.39 is 0 Å². The molecule has 0 bridgehead atoms. The molecule has 0 aliphatic rings. The Hall–Kier alpha value is -1.54. The number of rotatable bonds is 1. The highest BCUT2D eigenvalue weighted by Crippen LogP contribution is 2.26. The van der Waals surface area contributed by atoms with E-state index in [9.17, 15) is 0 Å². The quantitative estimate of drug-likeness (QED) is 0.573. The van der Waals surface area contributed by atoms with Gasteiger partial charge in [-0.05, 0) is 23.8 Å². The van der Waals surface area contributed by atoms with Crippen LogP contribution in [0.3, 0.4) is 0 Å². The molecule has 2 N–H and O–H groups in total. The van der Waals surface area contributed by atoms with Gasteiger partial charge in [0, 0.05) is 17.4 Å².